The highest BCUT2D eigenvalue weighted by Gasteiger charge is 2.06. The normalized spacial score (nSPS) is 12.7. The molecule has 84 valence electrons. The van der Waals surface area contributed by atoms with Crippen molar-refractivity contribution in [3.63, 3.8) is 0 Å². The van der Waals surface area contributed by atoms with Gasteiger partial charge in [0.05, 0.1) is 11.6 Å². The second-order valence-corrected chi connectivity index (χ2v) is 4.35. The largest absolute Gasteiger partial charge is 0.395 e. The van der Waals surface area contributed by atoms with Crippen LogP contribution in [-0.2, 0) is 0 Å². The first-order valence-electron chi connectivity index (χ1n) is 5.25. The predicted molar refractivity (Wildman–Crippen MR) is 64.1 cm³/mol. The quantitative estimate of drug-likeness (QED) is 0.692. The Bertz CT molecular complexity index is 256. The topological polar surface area (TPSA) is 45.1 Å². The summed E-state index contributed by atoms with van der Waals surface area (Å²) in [4.78, 5) is 4.22. The first-order chi connectivity index (χ1) is 7.36. The predicted octanol–water partition coefficient (Wildman–Crippen LogP) is 1.53. The number of aliphatic hydroxyl groups is 1. The summed E-state index contributed by atoms with van der Waals surface area (Å²) < 4.78 is 0. The molecule has 1 aromatic heterocycles. The highest BCUT2D eigenvalue weighted by atomic mass is 32.2. The molecular weight excluding hydrogens is 208 g/mol. The highest BCUT2D eigenvalue weighted by molar-refractivity contribution is 7.99. The highest BCUT2D eigenvalue weighted by Crippen LogP contribution is 2.14. The Labute approximate surface area is 95.3 Å². The second kappa shape index (κ2) is 7.68. The van der Waals surface area contributed by atoms with Crippen LogP contribution < -0.4 is 5.32 Å². The Morgan fingerprint density at radius 1 is 1.53 bits per heavy atom. The molecule has 0 fully saturated rings. The van der Waals surface area contributed by atoms with Crippen molar-refractivity contribution < 1.29 is 5.11 Å². The summed E-state index contributed by atoms with van der Waals surface area (Å²) in [6, 6.07) is 6.03. The molecule has 4 heteroatoms. The molecule has 0 aliphatic heterocycles. The van der Waals surface area contributed by atoms with Gasteiger partial charge in [0, 0.05) is 18.0 Å². The molecule has 0 aliphatic rings. The summed E-state index contributed by atoms with van der Waals surface area (Å²) >= 11 is 1.67. The van der Waals surface area contributed by atoms with Crippen LogP contribution in [-0.4, -0.2) is 35.0 Å². The Morgan fingerprint density at radius 2 is 2.40 bits per heavy atom. The van der Waals surface area contributed by atoms with Gasteiger partial charge < -0.3 is 10.4 Å². The lowest BCUT2D eigenvalue weighted by Crippen LogP contribution is -2.35. The van der Waals surface area contributed by atoms with Gasteiger partial charge in [-0.05, 0) is 25.1 Å². The van der Waals surface area contributed by atoms with Crippen LogP contribution >= 0.6 is 11.8 Å². The molecule has 0 spiro atoms. The first-order valence-corrected chi connectivity index (χ1v) is 6.23. The third-order valence-corrected chi connectivity index (χ3v) is 3.08. The van der Waals surface area contributed by atoms with E-state index in [1.54, 1.807) is 18.0 Å². The van der Waals surface area contributed by atoms with Gasteiger partial charge in [-0.3, -0.25) is 0 Å². The summed E-state index contributed by atoms with van der Waals surface area (Å²) in [6.45, 7) is 3.25. The number of rotatable bonds is 7. The third kappa shape index (κ3) is 5.16. The minimum Gasteiger partial charge on any atom is -0.395 e. The molecule has 1 atom stereocenters. The van der Waals surface area contributed by atoms with Crippen molar-refractivity contribution in [2.75, 3.05) is 18.9 Å². The molecule has 0 aromatic carbocycles. The van der Waals surface area contributed by atoms with E-state index in [1.807, 2.05) is 18.2 Å². The zero-order valence-corrected chi connectivity index (χ0v) is 9.83. The smallest absolute Gasteiger partial charge is 0.0960 e. The Morgan fingerprint density at radius 3 is 3.00 bits per heavy atom. The Kier molecular flexibility index (Phi) is 6.39. The number of hydrogen-bond donors (Lipinski definition) is 2. The zero-order valence-electron chi connectivity index (χ0n) is 9.02. The maximum Gasteiger partial charge on any atom is 0.0960 e. The molecule has 15 heavy (non-hydrogen) atoms. The van der Waals surface area contributed by atoms with E-state index >= 15 is 0 Å². The number of aliphatic hydroxyl groups excluding tert-OH is 1. The standard InChI is InChI=1S/C11H18N2OS/c1-2-6-12-10(8-14)9-15-11-5-3-4-7-13-11/h3-5,7,10,12,14H,2,6,8-9H2,1H3. The maximum atomic E-state index is 9.13. The minimum absolute atomic E-state index is 0.164. The Hall–Kier alpha value is -0.580. The molecule has 3 nitrogen and oxygen atoms in total. The van der Waals surface area contributed by atoms with Crippen molar-refractivity contribution >= 4 is 11.8 Å². The lowest BCUT2D eigenvalue weighted by Gasteiger charge is -2.14. The summed E-state index contributed by atoms with van der Waals surface area (Å²) in [5.41, 5.74) is 0. The van der Waals surface area contributed by atoms with Crippen molar-refractivity contribution in [3.05, 3.63) is 24.4 Å². The van der Waals surface area contributed by atoms with E-state index < -0.39 is 0 Å². The molecule has 0 saturated heterocycles. The third-order valence-electron chi connectivity index (χ3n) is 1.97. The van der Waals surface area contributed by atoms with Crippen LogP contribution in [0.4, 0.5) is 0 Å². The van der Waals surface area contributed by atoms with Gasteiger partial charge in [-0.2, -0.15) is 0 Å². The summed E-state index contributed by atoms with van der Waals surface area (Å²) in [5.74, 6) is 0.855. The molecular formula is C11H18N2OS. The van der Waals surface area contributed by atoms with Gasteiger partial charge in [-0.15, -0.1) is 11.8 Å². The zero-order chi connectivity index (χ0) is 10.9. The van der Waals surface area contributed by atoms with E-state index in [0.29, 0.717) is 0 Å². The molecule has 0 amide bonds. The molecule has 1 rings (SSSR count). The monoisotopic (exact) mass is 226 g/mol. The second-order valence-electron chi connectivity index (χ2n) is 3.31. The van der Waals surface area contributed by atoms with Gasteiger partial charge in [0.25, 0.3) is 0 Å². The van der Waals surface area contributed by atoms with Crippen molar-refractivity contribution in [2.45, 2.75) is 24.4 Å². The summed E-state index contributed by atoms with van der Waals surface area (Å²) in [6.07, 6.45) is 2.88. The fraction of sp³-hybridized carbons (Fsp3) is 0.545. The van der Waals surface area contributed by atoms with Crippen molar-refractivity contribution in [1.29, 1.82) is 0 Å². The number of hydrogen-bond acceptors (Lipinski definition) is 4. The van der Waals surface area contributed by atoms with Crippen LogP contribution in [0.25, 0.3) is 0 Å². The van der Waals surface area contributed by atoms with E-state index in [4.69, 9.17) is 5.11 Å². The van der Waals surface area contributed by atoms with Gasteiger partial charge in [0.1, 0.15) is 0 Å². The van der Waals surface area contributed by atoms with E-state index in [2.05, 4.69) is 17.2 Å². The fourth-order valence-electron chi connectivity index (χ4n) is 1.14. The lowest BCUT2D eigenvalue weighted by atomic mass is 10.3. The molecule has 0 bridgehead atoms. The van der Waals surface area contributed by atoms with Crippen molar-refractivity contribution in [1.82, 2.24) is 10.3 Å². The molecule has 1 aromatic rings. The van der Waals surface area contributed by atoms with E-state index in [1.165, 1.54) is 0 Å². The molecule has 0 aliphatic carbocycles. The van der Waals surface area contributed by atoms with Gasteiger partial charge in [0.2, 0.25) is 0 Å². The lowest BCUT2D eigenvalue weighted by molar-refractivity contribution is 0.254. The van der Waals surface area contributed by atoms with E-state index in [9.17, 15) is 0 Å². The van der Waals surface area contributed by atoms with Gasteiger partial charge in [-0.25, -0.2) is 4.98 Å². The molecule has 0 radical (unpaired) electrons. The number of aromatic nitrogens is 1. The van der Waals surface area contributed by atoms with Crippen LogP contribution in [0.15, 0.2) is 29.4 Å². The van der Waals surface area contributed by atoms with Crippen LogP contribution in [0, 0.1) is 0 Å². The molecule has 2 N–H and O–H groups in total. The first kappa shape index (κ1) is 12.5. The van der Waals surface area contributed by atoms with Crippen molar-refractivity contribution in [2.24, 2.45) is 0 Å². The van der Waals surface area contributed by atoms with Gasteiger partial charge in [0.15, 0.2) is 0 Å². The van der Waals surface area contributed by atoms with E-state index in [-0.39, 0.29) is 12.6 Å². The van der Waals surface area contributed by atoms with Crippen LogP contribution in [0.3, 0.4) is 0 Å². The minimum atomic E-state index is 0.164. The fourth-order valence-corrected chi connectivity index (χ4v) is 2.05. The summed E-state index contributed by atoms with van der Waals surface area (Å²) in [7, 11) is 0. The number of nitrogens with zero attached hydrogens (tertiary/aromatic N) is 1. The van der Waals surface area contributed by atoms with Gasteiger partial charge in [-0.1, -0.05) is 13.0 Å². The Balaban J connectivity index is 2.28. The molecule has 1 heterocycles. The van der Waals surface area contributed by atoms with E-state index in [0.717, 1.165) is 23.7 Å². The maximum absolute atomic E-state index is 9.13. The summed E-state index contributed by atoms with van der Waals surface area (Å²) in [5, 5.41) is 13.4. The number of nitrogens with one attached hydrogen (secondary N) is 1. The van der Waals surface area contributed by atoms with Gasteiger partial charge >= 0.3 is 0 Å². The average Bonchev–Trinajstić information content (AvgIpc) is 2.31. The average molecular weight is 226 g/mol. The van der Waals surface area contributed by atoms with Crippen LogP contribution in [0.1, 0.15) is 13.3 Å². The van der Waals surface area contributed by atoms with Crippen LogP contribution in [0.5, 0.6) is 0 Å². The number of pyridine rings is 1. The number of thioether (sulfide) groups is 1. The van der Waals surface area contributed by atoms with Crippen molar-refractivity contribution in [3.8, 4) is 0 Å². The molecule has 1 unspecified atom stereocenters. The molecule has 0 saturated carbocycles. The van der Waals surface area contributed by atoms with Crippen LogP contribution in [0.2, 0.25) is 0 Å². The SMILES string of the molecule is CCCNC(CO)CSc1ccccn1.